The number of nitrogens with one attached hydrogen (secondary N) is 1. The van der Waals surface area contributed by atoms with Gasteiger partial charge in [-0.3, -0.25) is 4.79 Å². The smallest absolute Gasteiger partial charge is 0.248 e. The Morgan fingerprint density at radius 1 is 1.18 bits per heavy atom. The Morgan fingerprint density at radius 3 is 2.71 bits per heavy atom. The van der Waals surface area contributed by atoms with E-state index in [2.05, 4.69) is 17.4 Å². The monoisotopic (exact) mass is 379 g/mol. The quantitative estimate of drug-likeness (QED) is 0.713. The fourth-order valence-corrected chi connectivity index (χ4v) is 3.58. The first-order chi connectivity index (χ1) is 13.7. The second-order valence-corrected chi connectivity index (χ2v) is 7.12. The number of pyridine rings is 1. The van der Waals surface area contributed by atoms with Gasteiger partial charge in [-0.05, 0) is 30.5 Å². The van der Waals surface area contributed by atoms with Crippen molar-refractivity contribution in [3.63, 3.8) is 0 Å². The average molecular weight is 379 g/mol. The van der Waals surface area contributed by atoms with Crippen molar-refractivity contribution in [3.8, 4) is 0 Å². The molecule has 0 aliphatic carbocycles. The molecule has 2 aromatic heterocycles. The van der Waals surface area contributed by atoms with Gasteiger partial charge in [0.05, 0.1) is 11.9 Å². The summed E-state index contributed by atoms with van der Waals surface area (Å²) in [6.45, 7) is 2.37. The van der Waals surface area contributed by atoms with Crippen LogP contribution in [0.2, 0.25) is 0 Å². The van der Waals surface area contributed by atoms with Gasteiger partial charge in [0, 0.05) is 32.7 Å². The minimum absolute atomic E-state index is 0.0537. The lowest BCUT2D eigenvalue weighted by Gasteiger charge is -2.30. The normalized spacial score (nSPS) is 15.1. The van der Waals surface area contributed by atoms with Crippen molar-refractivity contribution < 1.29 is 9.53 Å². The van der Waals surface area contributed by atoms with Gasteiger partial charge in [0.15, 0.2) is 11.5 Å². The lowest BCUT2D eigenvalue weighted by atomic mass is 9.96. The summed E-state index contributed by atoms with van der Waals surface area (Å²) in [5.41, 5.74) is 3.09. The number of ether oxygens (including phenoxy) is 1. The third-order valence-corrected chi connectivity index (χ3v) is 5.17. The van der Waals surface area contributed by atoms with Crippen molar-refractivity contribution >= 4 is 17.2 Å². The Morgan fingerprint density at radius 2 is 1.96 bits per heavy atom. The molecule has 1 fully saturated rings. The number of aromatic nitrogens is 3. The molecule has 146 valence electrons. The van der Waals surface area contributed by atoms with Gasteiger partial charge in [0.2, 0.25) is 5.91 Å². The molecule has 0 radical (unpaired) electrons. The standard InChI is InChI=1S/C21H25N5O2/c1-28-15-20(27)25-11-9-17(10-12-25)21-23-19-8-7-18(14-26(19)24-21)22-13-16-5-3-2-4-6-16/h2-8,14,17,22H,9-13,15H2,1H3. The molecular formula is C21H25N5O2. The number of likely N-dealkylation sites (tertiary alicyclic amines) is 1. The van der Waals surface area contributed by atoms with Crippen LogP contribution in [-0.2, 0) is 16.1 Å². The van der Waals surface area contributed by atoms with Gasteiger partial charge < -0.3 is 15.0 Å². The molecule has 1 saturated heterocycles. The van der Waals surface area contributed by atoms with Crippen LogP contribution in [0.15, 0.2) is 48.7 Å². The number of benzene rings is 1. The average Bonchev–Trinajstić information content (AvgIpc) is 3.17. The molecule has 1 amide bonds. The first-order valence-corrected chi connectivity index (χ1v) is 9.64. The van der Waals surface area contributed by atoms with Crippen LogP contribution < -0.4 is 5.32 Å². The lowest BCUT2D eigenvalue weighted by Crippen LogP contribution is -2.39. The van der Waals surface area contributed by atoms with Gasteiger partial charge in [0.25, 0.3) is 0 Å². The SMILES string of the molecule is COCC(=O)N1CCC(c2nc3ccc(NCc4ccccc4)cn3n2)CC1. The molecule has 4 rings (SSSR count). The number of rotatable bonds is 6. The molecule has 3 heterocycles. The van der Waals surface area contributed by atoms with Crippen LogP contribution in [0.5, 0.6) is 0 Å². The van der Waals surface area contributed by atoms with Gasteiger partial charge >= 0.3 is 0 Å². The Hall–Kier alpha value is -2.93. The number of fused-ring (bicyclic) bond motifs is 1. The lowest BCUT2D eigenvalue weighted by molar-refractivity contribution is -0.136. The molecule has 0 bridgehead atoms. The number of carbonyl (C=O) groups is 1. The number of amides is 1. The Kier molecular flexibility index (Phi) is 5.53. The number of hydrogen-bond acceptors (Lipinski definition) is 5. The van der Waals surface area contributed by atoms with Crippen molar-refractivity contribution in [1.29, 1.82) is 0 Å². The van der Waals surface area contributed by atoms with E-state index in [0.717, 1.165) is 49.6 Å². The molecule has 1 aliphatic heterocycles. The van der Waals surface area contributed by atoms with Crippen LogP contribution in [0.1, 0.15) is 30.1 Å². The van der Waals surface area contributed by atoms with E-state index in [9.17, 15) is 4.79 Å². The topological polar surface area (TPSA) is 71.8 Å². The maximum absolute atomic E-state index is 11.9. The zero-order valence-electron chi connectivity index (χ0n) is 16.0. The van der Waals surface area contributed by atoms with E-state index < -0.39 is 0 Å². The molecule has 1 aliphatic rings. The van der Waals surface area contributed by atoms with E-state index >= 15 is 0 Å². The molecule has 1 N–H and O–H groups in total. The number of piperidine rings is 1. The zero-order valence-corrected chi connectivity index (χ0v) is 16.0. The van der Waals surface area contributed by atoms with Crippen molar-refractivity contribution in [2.24, 2.45) is 0 Å². The highest BCUT2D eigenvalue weighted by Gasteiger charge is 2.26. The maximum atomic E-state index is 11.9. The van der Waals surface area contributed by atoms with E-state index in [4.69, 9.17) is 14.8 Å². The Bertz CT molecular complexity index is 932. The van der Waals surface area contributed by atoms with Crippen molar-refractivity contribution in [2.45, 2.75) is 25.3 Å². The second-order valence-electron chi connectivity index (χ2n) is 7.12. The molecule has 7 nitrogen and oxygen atoms in total. The van der Waals surface area contributed by atoms with Gasteiger partial charge in [-0.15, -0.1) is 0 Å². The molecular weight excluding hydrogens is 354 g/mol. The van der Waals surface area contributed by atoms with Crippen molar-refractivity contribution in [1.82, 2.24) is 19.5 Å². The highest BCUT2D eigenvalue weighted by Crippen LogP contribution is 2.26. The summed E-state index contributed by atoms with van der Waals surface area (Å²) in [4.78, 5) is 18.5. The third-order valence-electron chi connectivity index (χ3n) is 5.17. The molecule has 0 saturated carbocycles. The van der Waals surface area contributed by atoms with Crippen LogP contribution in [0.3, 0.4) is 0 Å². The largest absolute Gasteiger partial charge is 0.380 e. The summed E-state index contributed by atoms with van der Waals surface area (Å²) in [5.74, 6) is 1.20. The van der Waals surface area contributed by atoms with E-state index in [0.29, 0.717) is 0 Å². The minimum Gasteiger partial charge on any atom is -0.380 e. The van der Waals surface area contributed by atoms with Crippen molar-refractivity contribution in [3.05, 3.63) is 60.0 Å². The number of hydrogen-bond donors (Lipinski definition) is 1. The summed E-state index contributed by atoms with van der Waals surface area (Å²) in [6, 6.07) is 14.3. The van der Waals surface area contributed by atoms with E-state index in [1.165, 1.54) is 5.56 Å². The molecule has 28 heavy (non-hydrogen) atoms. The molecule has 3 aromatic rings. The summed E-state index contributed by atoms with van der Waals surface area (Å²) < 4.78 is 6.78. The first-order valence-electron chi connectivity index (χ1n) is 9.64. The molecule has 1 aromatic carbocycles. The number of methoxy groups -OCH3 is 1. The van der Waals surface area contributed by atoms with Crippen LogP contribution in [0, 0.1) is 0 Å². The molecule has 0 atom stereocenters. The minimum atomic E-state index is 0.0537. The molecule has 0 unspecified atom stereocenters. The summed E-state index contributed by atoms with van der Waals surface area (Å²) in [6.07, 6.45) is 3.74. The summed E-state index contributed by atoms with van der Waals surface area (Å²) >= 11 is 0. The van der Waals surface area contributed by atoms with E-state index in [-0.39, 0.29) is 18.4 Å². The number of carbonyl (C=O) groups excluding carboxylic acids is 1. The van der Waals surface area contributed by atoms with Crippen LogP contribution in [0.4, 0.5) is 5.69 Å². The van der Waals surface area contributed by atoms with Gasteiger partial charge in [-0.1, -0.05) is 30.3 Å². The zero-order chi connectivity index (χ0) is 19.3. The van der Waals surface area contributed by atoms with Crippen LogP contribution in [-0.4, -0.2) is 52.2 Å². The Labute approximate surface area is 164 Å². The van der Waals surface area contributed by atoms with Gasteiger partial charge in [0.1, 0.15) is 6.61 Å². The van der Waals surface area contributed by atoms with E-state index in [1.54, 1.807) is 7.11 Å². The van der Waals surface area contributed by atoms with Crippen LogP contribution >= 0.6 is 0 Å². The highest BCUT2D eigenvalue weighted by atomic mass is 16.5. The Balaban J connectivity index is 1.40. The van der Waals surface area contributed by atoms with Crippen molar-refractivity contribution in [2.75, 3.05) is 32.1 Å². The van der Waals surface area contributed by atoms with E-state index in [1.807, 2.05) is 45.9 Å². The number of nitrogens with zero attached hydrogens (tertiary/aromatic N) is 4. The second kappa shape index (κ2) is 8.39. The molecule has 0 spiro atoms. The fourth-order valence-electron chi connectivity index (χ4n) is 3.58. The third kappa shape index (κ3) is 4.14. The summed E-state index contributed by atoms with van der Waals surface area (Å²) in [5, 5.41) is 8.12. The predicted octanol–water partition coefficient (Wildman–Crippen LogP) is 2.69. The van der Waals surface area contributed by atoms with Crippen LogP contribution in [0.25, 0.3) is 5.65 Å². The maximum Gasteiger partial charge on any atom is 0.248 e. The number of anilines is 1. The van der Waals surface area contributed by atoms with Gasteiger partial charge in [-0.25, -0.2) is 9.50 Å². The fraction of sp³-hybridized carbons (Fsp3) is 0.381. The van der Waals surface area contributed by atoms with Gasteiger partial charge in [-0.2, -0.15) is 5.10 Å². The molecule has 7 heteroatoms. The summed E-state index contributed by atoms with van der Waals surface area (Å²) in [7, 11) is 1.55. The predicted molar refractivity (Wildman–Crippen MR) is 107 cm³/mol. The highest BCUT2D eigenvalue weighted by molar-refractivity contribution is 5.77. The first kappa shape index (κ1) is 18.4.